The molecule has 2 heterocycles. The van der Waals surface area contributed by atoms with Crippen LogP contribution in [0.4, 0.5) is 0 Å². The number of nitriles is 1. The third-order valence-corrected chi connectivity index (χ3v) is 3.09. The summed E-state index contributed by atoms with van der Waals surface area (Å²) in [4.78, 5) is 13.6. The molecular formula is C10H15N3O2. The van der Waals surface area contributed by atoms with Crippen LogP contribution in [0.1, 0.15) is 19.3 Å². The van der Waals surface area contributed by atoms with Crippen molar-refractivity contribution in [1.82, 2.24) is 10.2 Å². The quantitative estimate of drug-likeness (QED) is 0.594. The molecule has 5 nitrogen and oxygen atoms in total. The molecule has 2 N–H and O–H groups in total. The maximum Gasteiger partial charge on any atom is 0.240 e. The SMILES string of the molecule is N#C[C@@H]1CCCN1C(=O)[C@@H]1C[C@H](O)CN1. The number of β-amino-alcohol motifs (C(OH)–C–C–N with tert-alkyl or cyclic N) is 1. The molecule has 2 aliphatic heterocycles. The highest BCUT2D eigenvalue weighted by Crippen LogP contribution is 2.19. The van der Waals surface area contributed by atoms with Gasteiger partial charge >= 0.3 is 0 Å². The maximum absolute atomic E-state index is 12.0. The summed E-state index contributed by atoms with van der Waals surface area (Å²) in [6.07, 6.45) is 1.71. The van der Waals surface area contributed by atoms with Gasteiger partial charge in [-0.05, 0) is 19.3 Å². The normalized spacial score (nSPS) is 35.5. The smallest absolute Gasteiger partial charge is 0.240 e. The molecule has 15 heavy (non-hydrogen) atoms. The van der Waals surface area contributed by atoms with Gasteiger partial charge in [0.1, 0.15) is 6.04 Å². The summed E-state index contributed by atoms with van der Waals surface area (Å²) in [7, 11) is 0. The lowest BCUT2D eigenvalue weighted by atomic mass is 10.1. The molecule has 0 saturated carbocycles. The van der Waals surface area contributed by atoms with Crippen LogP contribution >= 0.6 is 0 Å². The Hall–Kier alpha value is -1.12. The van der Waals surface area contributed by atoms with E-state index >= 15 is 0 Å². The van der Waals surface area contributed by atoms with Crippen LogP contribution in [0.15, 0.2) is 0 Å². The van der Waals surface area contributed by atoms with Crippen LogP contribution in [0.3, 0.4) is 0 Å². The number of nitrogens with zero attached hydrogens (tertiary/aromatic N) is 2. The van der Waals surface area contributed by atoms with Crippen molar-refractivity contribution >= 4 is 5.91 Å². The summed E-state index contributed by atoms with van der Waals surface area (Å²) in [5.74, 6) is -0.0319. The Morgan fingerprint density at radius 2 is 2.40 bits per heavy atom. The molecule has 2 fully saturated rings. The maximum atomic E-state index is 12.0. The zero-order valence-corrected chi connectivity index (χ0v) is 8.52. The average molecular weight is 209 g/mol. The minimum Gasteiger partial charge on any atom is -0.392 e. The second kappa shape index (κ2) is 4.17. The summed E-state index contributed by atoms with van der Waals surface area (Å²) >= 11 is 0. The van der Waals surface area contributed by atoms with Crippen LogP contribution in [0.2, 0.25) is 0 Å². The Balaban J connectivity index is 1.99. The van der Waals surface area contributed by atoms with E-state index in [4.69, 9.17) is 5.26 Å². The van der Waals surface area contributed by atoms with E-state index < -0.39 is 6.10 Å². The summed E-state index contributed by atoms with van der Waals surface area (Å²) in [6, 6.07) is 1.58. The van der Waals surface area contributed by atoms with E-state index in [2.05, 4.69) is 11.4 Å². The van der Waals surface area contributed by atoms with Gasteiger partial charge in [-0.25, -0.2) is 0 Å². The van der Waals surface area contributed by atoms with E-state index in [0.29, 0.717) is 19.5 Å². The molecule has 82 valence electrons. The third kappa shape index (κ3) is 1.96. The van der Waals surface area contributed by atoms with Crippen molar-refractivity contribution < 1.29 is 9.90 Å². The van der Waals surface area contributed by atoms with Crippen LogP contribution < -0.4 is 5.32 Å². The van der Waals surface area contributed by atoms with Crippen LogP contribution in [-0.2, 0) is 4.79 Å². The Bertz CT molecular complexity index is 300. The first-order valence-corrected chi connectivity index (χ1v) is 5.34. The molecule has 5 heteroatoms. The highest BCUT2D eigenvalue weighted by atomic mass is 16.3. The number of hydrogen-bond acceptors (Lipinski definition) is 4. The van der Waals surface area contributed by atoms with Crippen LogP contribution in [0.5, 0.6) is 0 Å². The first-order valence-electron chi connectivity index (χ1n) is 5.34. The van der Waals surface area contributed by atoms with Gasteiger partial charge in [-0.3, -0.25) is 4.79 Å². The topological polar surface area (TPSA) is 76.4 Å². The van der Waals surface area contributed by atoms with E-state index in [9.17, 15) is 9.90 Å². The second-order valence-electron chi connectivity index (χ2n) is 4.17. The van der Waals surface area contributed by atoms with Crippen molar-refractivity contribution in [2.75, 3.05) is 13.1 Å². The number of hydrogen-bond donors (Lipinski definition) is 2. The Morgan fingerprint density at radius 1 is 1.60 bits per heavy atom. The zero-order valence-electron chi connectivity index (χ0n) is 8.52. The van der Waals surface area contributed by atoms with Gasteiger partial charge in [0.25, 0.3) is 0 Å². The molecule has 0 spiro atoms. The standard InChI is InChI=1S/C10H15N3O2/c11-5-7-2-1-3-13(7)10(15)9-4-8(14)6-12-9/h7-9,12,14H,1-4,6H2/t7-,8-,9-/m0/s1. The third-order valence-electron chi connectivity index (χ3n) is 3.09. The highest BCUT2D eigenvalue weighted by molar-refractivity contribution is 5.83. The number of rotatable bonds is 1. The molecule has 2 aliphatic rings. The van der Waals surface area contributed by atoms with Gasteiger partial charge in [-0.2, -0.15) is 5.26 Å². The highest BCUT2D eigenvalue weighted by Gasteiger charge is 2.36. The van der Waals surface area contributed by atoms with E-state index in [-0.39, 0.29) is 18.0 Å². The van der Waals surface area contributed by atoms with Gasteiger partial charge < -0.3 is 15.3 Å². The lowest BCUT2D eigenvalue weighted by Gasteiger charge is -2.23. The van der Waals surface area contributed by atoms with Gasteiger partial charge in [0, 0.05) is 13.1 Å². The molecule has 0 aromatic rings. The Morgan fingerprint density at radius 3 is 3.00 bits per heavy atom. The molecule has 1 amide bonds. The first-order chi connectivity index (χ1) is 7.22. The number of aliphatic hydroxyl groups is 1. The summed E-state index contributed by atoms with van der Waals surface area (Å²) in [5.41, 5.74) is 0. The van der Waals surface area contributed by atoms with Gasteiger partial charge in [0.05, 0.1) is 18.2 Å². The zero-order chi connectivity index (χ0) is 10.8. The van der Waals surface area contributed by atoms with Crippen molar-refractivity contribution in [3.63, 3.8) is 0 Å². The van der Waals surface area contributed by atoms with Crippen molar-refractivity contribution in [3.8, 4) is 6.07 Å². The number of amides is 1. The van der Waals surface area contributed by atoms with Crippen molar-refractivity contribution in [3.05, 3.63) is 0 Å². The summed E-state index contributed by atoms with van der Waals surface area (Å²) < 4.78 is 0. The lowest BCUT2D eigenvalue weighted by molar-refractivity contribution is -0.133. The van der Waals surface area contributed by atoms with E-state index in [1.54, 1.807) is 4.90 Å². The molecule has 0 bridgehead atoms. The molecule has 0 aromatic heterocycles. The average Bonchev–Trinajstić information content (AvgIpc) is 2.84. The fourth-order valence-corrected chi connectivity index (χ4v) is 2.27. The van der Waals surface area contributed by atoms with Crippen molar-refractivity contribution in [2.24, 2.45) is 0 Å². The summed E-state index contributed by atoms with van der Waals surface area (Å²) in [5, 5.41) is 21.2. The predicted octanol–water partition coefficient (Wildman–Crippen LogP) is -0.776. The van der Waals surface area contributed by atoms with Gasteiger partial charge in [0.15, 0.2) is 0 Å². The lowest BCUT2D eigenvalue weighted by Crippen LogP contribution is -2.45. The number of carbonyl (C=O) groups is 1. The molecule has 0 unspecified atom stereocenters. The fourth-order valence-electron chi connectivity index (χ4n) is 2.27. The monoisotopic (exact) mass is 209 g/mol. The van der Waals surface area contributed by atoms with Crippen molar-refractivity contribution in [2.45, 2.75) is 37.5 Å². The van der Waals surface area contributed by atoms with Gasteiger partial charge in [0.2, 0.25) is 5.91 Å². The first kappa shape index (κ1) is 10.4. The number of carbonyl (C=O) groups excluding carboxylic acids is 1. The number of aliphatic hydroxyl groups excluding tert-OH is 1. The molecule has 0 aliphatic carbocycles. The summed E-state index contributed by atoms with van der Waals surface area (Å²) in [6.45, 7) is 1.15. The minimum atomic E-state index is -0.429. The molecule has 0 radical (unpaired) electrons. The molecule has 0 aromatic carbocycles. The Kier molecular flexibility index (Phi) is 2.89. The van der Waals surface area contributed by atoms with Crippen LogP contribution in [-0.4, -0.2) is 47.2 Å². The number of nitrogens with one attached hydrogen (secondary N) is 1. The van der Waals surface area contributed by atoms with E-state index in [1.165, 1.54) is 0 Å². The van der Waals surface area contributed by atoms with Gasteiger partial charge in [-0.1, -0.05) is 0 Å². The van der Waals surface area contributed by atoms with E-state index in [1.807, 2.05) is 0 Å². The van der Waals surface area contributed by atoms with Gasteiger partial charge in [-0.15, -0.1) is 0 Å². The van der Waals surface area contributed by atoms with E-state index in [0.717, 1.165) is 12.8 Å². The molecule has 2 saturated heterocycles. The predicted molar refractivity (Wildman–Crippen MR) is 52.8 cm³/mol. The molecular weight excluding hydrogens is 194 g/mol. The van der Waals surface area contributed by atoms with Crippen LogP contribution in [0.25, 0.3) is 0 Å². The fraction of sp³-hybridized carbons (Fsp3) is 0.800. The largest absolute Gasteiger partial charge is 0.392 e. The Labute approximate surface area is 88.7 Å². The molecule has 2 rings (SSSR count). The minimum absolute atomic E-state index is 0.0319. The van der Waals surface area contributed by atoms with Crippen LogP contribution in [0, 0.1) is 11.3 Å². The second-order valence-corrected chi connectivity index (χ2v) is 4.17. The molecule has 3 atom stereocenters. The number of likely N-dealkylation sites (tertiary alicyclic amines) is 1. The van der Waals surface area contributed by atoms with Crippen molar-refractivity contribution in [1.29, 1.82) is 5.26 Å².